The van der Waals surface area contributed by atoms with Crippen molar-refractivity contribution in [3.63, 3.8) is 0 Å². The number of rotatable bonds is 10. The predicted octanol–water partition coefficient (Wildman–Crippen LogP) is 16.6. The molecule has 0 bridgehead atoms. The third-order valence-electron chi connectivity index (χ3n) is 12.4. The maximum absolute atomic E-state index is 2.49. The Morgan fingerprint density at radius 3 is 1.17 bits per heavy atom. The second-order valence-electron chi connectivity index (χ2n) is 16.0. The van der Waals surface area contributed by atoms with E-state index in [4.69, 9.17) is 0 Å². The molecule has 0 amide bonds. The van der Waals surface area contributed by atoms with Crippen LogP contribution < -0.4 is 9.80 Å². The van der Waals surface area contributed by atoms with E-state index in [0.717, 1.165) is 24.2 Å². The molecular formula is C58H48N2. The van der Waals surface area contributed by atoms with Crippen LogP contribution in [0.1, 0.15) is 36.1 Å². The summed E-state index contributed by atoms with van der Waals surface area (Å²) in [7, 11) is 0. The lowest BCUT2D eigenvalue weighted by molar-refractivity contribution is 1.13. The minimum atomic E-state index is 0.970. The first-order valence-corrected chi connectivity index (χ1v) is 21.3. The maximum atomic E-state index is 2.49. The van der Waals surface area contributed by atoms with Gasteiger partial charge in [0.1, 0.15) is 0 Å². The average molecular weight is 773 g/mol. The topological polar surface area (TPSA) is 6.48 Å². The monoisotopic (exact) mass is 772 g/mol. The van der Waals surface area contributed by atoms with E-state index in [2.05, 4.69) is 232 Å². The molecule has 0 fully saturated rings. The zero-order chi connectivity index (χ0) is 40.7. The largest absolute Gasteiger partial charge is 0.310 e. The number of benzene rings is 10. The average Bonchev–Trinajstić information content (AvgIpc) is 3.31. The Balaban J connectivity index is 1.23. The molecule has 290 valence electrons. The van der Waals surface area contributed by atoms with Gasteiger partial charge in [-0.1, -0.05) is 159 Å². The Hall–Kier alpha value is -7.16. The number of nitrogens with zero attached hydrogens (tertiary/aromatic N) is 2. The Labute approximate surface area is 354 Å². The van der Waals surface area contributed by atoms with Crippen molar-refractivity contribution in [1.82, 2.24) is 0 Å². The minimum absolute atomic E-state index is 0.970. The smallest absolute Gasteiger partial charge is 0.0540 e. The van der Waals surface area contributed by atoms with Crippen LogP contribution in [-0.4, -0.2) is 0 Å². The van der Waals surface area contributed by atoms with Crippen molar-refractivity contribution >= 4 is 66.4 Å². The number of anilines is 6. The molecule has 0 aliphatic heterocycles. The molecule has 0 aliphatic carbocycles. The standard InChI is InChI=1S/C58H48N2/c1-5-41-15-13-21-49(35-41)59(55-37-47(25-23-39(55)3)43-17-9-7-10-18-43)53-33-29-45-28-32-52-54(34-30-46-27-31-51(53)57(45)58(46)52)60(50-22-14-16-42(6-2)36-50)56-38-48(26-24-40(56)4)44-19-11-8-12-20-44/h7-38H,5-6H2,1-4H3. The third kappa shape index (κ3) is 6.55. The first kappa shape index (κ1) is 37.1. The van der Waals surface area contributed by atoms with Crippen LogP contribution in [0, 0.1) is 13.8 Å². The fraction of sp³-hybridized carbons (Fsp3) is 0.103. The highest BCUT2D eigenvalue weighted by Crippen LogP contribution is 2.49. The van der Waals surface area contributed by atoms with Gasteiger partial charge in [-0.2, -0.15) is 0 Å². The van der Waals surface area contributed by atoms with E-state index in [1.54, 1.807) is 0 Å². The summed E-state index contributed by atoms with van der Waals surface area (Å²) < 4.78 is 0. The number of aryl methyl sites for hydroxylation is 4. The van der Waals surface area contributed by atoms with Gasteiger partial charge in [0, 0.05) is 33.5 Å². The molecule has 2 heteroatoms. The van der Waals surface area contributed by atoms with Gasteiger partial charge in [0.2, 0.25) is 0 Å². The Bertz CT molecular complexity index is 2930. The summed E-state index contributed by atoms with van der Waals surface area (Å²) in [5.74, 6) is 0. The van der Waals surface area contributed by atoms with Crippen LogP contribution in [0.5, 0.6) is 0 Å². The van der Waals surface area contributed by atoms with E-state index in [-0.39, 0.29) is 0 Å². The van der Waals surface area contributed by atoms with Gasteiger partial charge in [0.25, 0.3) is 0 Å². The molecule has 0 aromatic heterocycles. The van der Waals surface area contributed by atoms with Gasteiger partial charge in [0.05, 0.1) is 11.4 Å². The van der Waals surface area contributed by atoms with Crippen molar-refractivity contribution in [3.05, 3.63) is 216 Å². The quantitative estimate of drug-likeness (QED) is 0.128. The van der Waals surface area contributed by atoms with Crippen molar-refractivity contribution in [2.45, 2.75) is 40.5 Å². The molecule has 0 saturated heterocycles. The van der Waals surface area contributed by atoms with Crippen molar-refractivity contribution < 1.29 is 0 Å². The Morgan fingerprint density at radius 1 is 0.333 bits per heavy atom. The fourth-order valence-corrected chi connectivity index (χ4v) is 9.13. The second kappa shape index (κ2) is 15.5. The van der Waals surface area contributed by atoms with Gasteiger partial charge in [-0.25, -0.2) is 0 Å². The van der Waals surface area contributed by atoms with Crippen molar-refractivity contribution in [3.8, 4) is 22.3 Å². The van der Waals surface area contributed by atoms with Crippen LogP contribution in [0.15, 0.2) is 194 Å². The van der Waals surface area contributed by atoms with Gasteiger partial charge in [-0.05, 0) is 141 Å². The van der Waals surface area contributed by atoms with Crippen LogP contribution in [0.2, 0.25) is 0 Å². The second-order valence-corrected chi connectivity index (χ2v) is 16.0. The summed E-state index contributed by atoms with van der Waals surface area (Å²) in [6, 6.07) is 72.0. The molecule has 0 atom stereocenters. The van der Waals surface area contributed by atoms with E-state index >= 15 is 0 Å². The third-order valence-corrected chi connectivity index (χ3v) is 12.4. The van der Waals surface area contributed by atoms with Crippen LogP contribution in [0.4, 0.5) is 34.1 Å². The summed E-state index contributed by atoms with van der Waals surface area (Å²) in [4.78, 5) is 4.99. The Kier molecular flexibility index (Phi) is 9.62. The van der Waals surface area contributed by atoms with Crippen molar-refractivity contribution in [2.24, 2.45) is 0 Å². The van der Waals surface area contributed by atoms with Gasteiger partial charge >= 0.3 is 0 Å². The highest BCUT2D eigenvalue weighted by molar-refractivity contribution is 6.28. The number of hydrogen-bond acceptors (Lipinski definition) is 2. The molecule has 60 heavy (non-hydrogen) atoms. The molecule has 0 spiro atoms. The highest BCUT2D eigenvalue weighted by atomic mass is 15.2. The molecule has 0 saturated carbocycles. The van der Waals surface area contributed by atoms with Gasteiger partial charge in [0.15, 0.2) is 0 Å². The van der Waals surface area contributed by atoms with Crippen LogP contribution in [-0.2, 0) is 12.8 Å². The molecule has 2 nitrogen and oxygen atoms in total. The molecule has 0 aliphatic rings. The molecule has 10 aromatic carbocycles. The SMILES string of the molecule is CCc1cccc(N(c2cc(-c3ccccc3)ccc2C)c2ccc3ccc4c(N(c5cccc(CC)c5)c5cc(-c6ccccc6)ccc5C)ccc5ccc2c3c54)c1. The predicted molar refractivity (Wildman–Crippen MR) is 259 cm³/mol. The maximum Gasteiger partial charge on any atom is 0.0540 e. The highest BCUT2D eigenvalue weighted by Gasteiger charge is 2.24. The van der Waals surface area contributed by atoms with Gasteiger partial charge < -0.3 is 9.80 Å². The summed E-state index contributed by atoms with van der Waals surface area (Å²) >= 11 is 0. The van der Waals surface area contributed by atoms with E-state index in [1.807, 2.05) is 0 Å². The lowest BCUT2D eigenvalue weighted by Crippen LogP contribution is -2.13. The summed E-state index contributed by atoms with van der Waals surface area (Å²) in [6.07, 6.45) is 1.94. The zero-order valence-corrected chi connectivity index (χ0v) is 34.8. The van der Waals surface area contributed by atoms with Crippen LogP contribution >= 0.6 is 0 Å². The lowest BCUT2D eigenvalue weighted by Gasteiger charge is -2.31. The minimum Gasteiger partial charge on any atom is -0.310 e. The molecule has 0 N–H and O–H groups in total. The van der Waals surface area contributed by atoms with E-state index in [0.29, 0.717) is 0 Å². The molecule has 0 unspecified atom stereocenters. The zero-order valence-electron chi connectivity index (χ0n) is 34.8. The first-order valence-electron chi connectivity index (χ1n) is 21.3. The fourth-order valence-electron chi connectivity index (χ4n) is 9.13. The summed E-state index contributed by atoms with van der Waals surface area (Å²) in [6.45, 7) is 8.94. The molecule has 10 aromatic rings. The van der Waals surface area contributed by atoms with E-state index in [1.165, 1.54) is 99.6 Å². The molecule has 0 heterocycles. The van der Waals surface area contributed by atoms with Crippen LogP contribution in [0.25, 0.3) is 54.6 Å². The summed E-state index contributed by atoms with van der Waals surface area (Å²) in [5, 5.41) is 7.52. The molecule has 10 rings (SSSR count). The van der Waals surface area contributed by atoms with E-state index < -0.39 is 0 Å². The normalized spacial score (nSPS) is 11.5. The first-order chi connectivity index (χ1) is 29.5. The van der Waals surface area contributed by atoms with Gasteiger partial charge in [-0.3, -0.25) is 0 Å². The van der Waals surface area contributed by atoms with Crippen molar-refractivity contribution in [1.29, 1.82) is 0 Å². The summed E-state index contributed by atoms with van der Waals surface area (Å²) in [5.41, 5.74) is 16.9. The molecule has 0 radical (unpaired) electrons. The van der Waals surface area contributed by atoms with Gasteiger partial charge in [-0.15, -0.1) is 0 Å². The van der Waals surface area contributed by atoms with E-state index in [9.17, 15) is 0 Å². The lowest BCUT2D eigenvalue weighted by atomic mass is 9.91. The number of hydrogen-bond donors (Lipinski definition) is 0. The van der Waals surface area contributed by atoms with Crippen LogP contribution in [0.3, 0.4) is 0 Å². The molecular weight excluding hydrogens is 725 g/mol. The van der Waals surface area contributed by atoms with Crippen molar-refractivity contribution in [2.75, 3.05) is 9.80 Å². The Morgan fingerprint density at radius 2 is 0.750 bits per heavy atom.